The van der Waals surface area contributed by atoms with Crippen LogP contribution in [0.1, 0.15) is 11.1 Å². The highest BCUT2D eigenvalue weighted by Gasteiger charge is 2.23. The minimum absolute atomic E-state index is 0.110. The zero-order chi connectivity index (χ0) is 21.7. The lowest BCUT2D eigenvalue weighted by atomic mass is 10.0. The average Bonchev–Trinajstić information content (AvgIpc) is 2.65. The van der Waals surface area contributed by atoms with E-state index in [0.29, 0.717) is 0 Å². The predicted molar refractivity (Wildman–Crippen MR) is 102 cm³/mol. The zero-order valence-corrected chi connectivity index (χ0v) is 15.9. The summed E-state index contributed by atoms with van der Waals surface area (Å²) < 4.78 is 65.8. The maximum atomic E-state index is 11.8. The molecule has 0 heterocycles. The van der Waals surface area contributed by atoms with E-state index in [9.17, 15) is 25.9 Å². The number of azide groups is 1. The Labute approximate surface area is 164 Å². The van der Waals surface area contributed by atoms with Gasteiger partial charge in [0, 0.05) is 9.82 Å². The summed E-state index contributed by atoms with van der Waals surface area (Å²) in [6, 6.07) is 10.1. The summed E-state index contributed by atoms with van der Waals surface area (Å²) in [5.41, 5.74) is 17.0. The third-order valence-electron chi connectivity index (χ3n) is 3.58. The van der Waals surface area contributed by atoms with Crippen LogP contribution in [0.4, 0.5) is 0 Å². The summed E-state index contributed by atoms with van der Waals surface area (Å²) in [4.78, 5) is 3.97. The van der Waals surface area contributed by atoms with E-state index < -0.39 is 36.2 Å². The Morgan fingerprint density at radius 3 is 1.86 bits per heavy atom. The van der Waals surface area contributed by atoms with E-state index in [1.807, 2.05) is 0 Å². The number of benzene rings is 2. The van der Waals surface area contributed by atoms with E-state index in [1.165, 1.54) is 36.4 Å². The minimum Gasteiger partial charge on any atom is -0.282 e. The third kappa shape index (κ3) is 5.33. The summed E-state index contributed by atoms with van der Waals surface area (Å²) in [6.45, 7) is 0. The fourth-order valence-corrected chi connectivity index (χ4v) is 3.86. The summed E-state index contributed by atoms with van der Waals surface area (Å²) in [7, 11) is -9.42. The molecular formula is C15H12N6O6S2. The van der Waals surface area contributed by atoms with Crippen molar-refractivity contribution in [2.24, 2.45) is 10.2 Å². The lowest BCUT2D eigenvalue weighted by Crippen LogP contribution is -2.09. The zero-order valence-electron chi connectivity index (χ0n) is 14.3. The van der Waals surface area contributed by atoms with Gasteiger partial charge >= 0.3 is 0 Å². The van der Waals surface area contributed by atoms with Gasteiger partial charge < -0.3 is 0 Å². The molecule has 0 radical (unpaired) electrons. The number of rotatable bonds is 7. The Bertz CT molecular complexity index is 1260. The van der Waals surface area contributed by atoms with Crippen molar-refractivity contribution in [3.63, 3.8) is 0 Å². The second-order valence-electron chi connectivity index (χ2n) is 5.37. The highest BCUT2D eigenvalue weighted by Crippen LogP contribution is 2.31. The number of nitrogens with zero attached hydrogens (tertiary/aromatic N) is 6. The van der Waals surface area contributed by atoms with Crippen LogP contribution in [0, 0.1) is 0 Å². The molecule has 0 spiro atoms. The predicted octanol–water partition coefficient (Wildman–Crippen LogP) is 3.67. The van der Waals surface area contributed by atoms with E-state index in [0.717, 1.165) is 18.2 Å². The topological polar surface area (TPSA) is 206 Å². The maximum absolute atomic E-state index is 11.8. The van der Waals surface area contributed by atoms with Crippen molar-refractivity contribution in [2.45, 2.75) is 16.0 Å². The van der Waals surface area contributed by atoms with Gasteiger partial charge in [0.25, 0.3) is 20.2 Å². The first-order valence-electron chi connectivity index (χ1n) is 7.53. The summed E-state index contributed by atoms with van der Waals surface area (Å²) in [5.74, 6) is 0. The molecule has 14 heteroatoms. The van der Waals surface area contributed by atoms with Crippen molar-refractivity contribution in [1.82, 2.24) is 0 Å². The standard InChI is InChI=1S/C15H12N6O6S2/c16-20-18-15(19-21-17)12(11-6-2-4-8-14(11)29(25,26)27)9-10-5-1-3-7-13(10)28(22,23)24/h1-9,15H,(H,22,23,24)(H,25,26,27). The van der Waals surface area contributed by atoms with Crippen LogP contribution in [0.2, 0.25) is 0 Å². The highest BCUT2D eigenvalue weighted by molar-refractivity contribution is 7.86. The van der Waals surface area contributed by atoms with Crippen LogP contribution in [-0.2, 0) is 20.2 Å². The molecule has 0 aliphatic rings. The SMILES string of the molecule is [N-]=[N+]=NC(N=[N+]=[N-])C(=Cc1ccccc1S(=O)(=O)O)c1ccccc1S(=O)(=O)O. The molecule has 0 unspecified atom stereocenters. The Morgan fingerprint density at radius 2 is 1.34 bits per heavy atom. The van der Waals surface area contributed by atoms with Crippen molar-refractivity contribution in [1.29, 1.82) is 0 Å². The fraction of sp³-hybridized carbons (Fsp3) is 0.0667. The molecule has 0 atom stereocenters. The monoisotopic (exact) mass is 436 g/mol. The van der Waals surface area contributed by atoms with E-state index in [-0.39, 0.29) is 16.7 Å². The molecule has 0 aliphatic heterocycles. The normalized spacial score (nSPS) is 13.1. The van der Waals surface area contributed by atoms with Gasteiger partial charge in [0.15, 0.2) is 0 Å². The molecular weight excluding hydrogens is 424 g/mol. The minimum atomic E-state index is -4.75. The van der Waals surface area contributed by atoms with Crippen molar-refractivity contribution in [3.8, 4) is 0 Å². The lowest BCUT2D eigenvalue weighted by molar-refractivity contribution is 0.480. The summed E-state index contributed by atoms with van der Waals surface area (Å²) >= 11 is 0. The van der Waals surface area contributed by atoms with Crippen molar-refractivity contribution < 1.29 is 25.9 Å². The number of hydrogen-bond acceptors (Lipinski definition) is 6. The first-order chi connectivity index (χ1) is 13.6. The quantitative estimate of drug-likeness (QED) is 0.217. The maximum Gasteiger partial charge on any atom is 0.295 e. The van der Waals surface area contributed by atoms with Gasteiger partial charge in [-0.25, -0.2) is 0 Å². The number of hydrogen-bond donors (Lipinski definition) is 2. The summed E-state index contributed by atoms with van der Waals surface area (Å²) in [6.07, 6.45) is -0.566. The van der Waals surface area contributed by atoms with Gasteiger partial charge in [-0.05, 0) is 46.0 Å². The van der Waals surface area contributed by atoms with Crippen LogP contribution in [-0.4, -0.2) is 32.1 Å². The Hall–Kier alpha value is -3.38. The first-order valence-corrected chi connectivity index (χ1v) is 10.4. The molecule has 150 valence electrons. The molecule has 0 aliphatic carbocycles. The Kier molecular flexibility index (Phi) is 6.61. The molecule has 0 saturated carbocycles. The van der Waals surface area contributed by atoms with Gasteiger partial charge in [-0.15, -0.1) is 0 Å². The van der Waals surface area contributed by atoms with Crippen molar-refractivity contribution >= 4 is 31.9 Å². The van der Waals surface area contributed by atoms with Gasteiger partial charge in [0.05, 0.1) is 0 Å². The van der Waals surface area contributed by atoms with Crippen LogP contribution in [0.5, 0.6) is 0 Å². The smallest absolute Gasteiger partial charge is 0.282 e. The van der Waals surface area contributed by atoms with Crippen LogP contribution >= 0.6 is 0 Å². The van der Waals surface area contributed by atoms with Gasteiger partial charge in [0.2, 0.25) is 0 Å². The van der Waals surface area contributed by atoms with Crippen LogP contribution in [0.15, 0.2) is 68.6 Å². The molecule has 12 nitrogen and oxygen atoms in total. The second kappa shape index (κ2) is 8.75. The molecule has 0 aromatic heterocycles. The van der Waals surface area contributed by atoms with Gasteiger partial charge in [-0.3, -0.25) is 9.11 Å². The van der Waals surface area contributed by atoms with E-state index in [4.69, 9.17) is 11.1 Å². The summed E-state index contributed by atoms with van der Waals surface area (Å²) in [5, 5.41) is 6.61. The highest BCUT2D eigenvalue weighted by atomic mass is 32.2. The molecule has 2 N–H and O–H groups in total. The fourth-order valence-electron chi connectivity index (χ4n) is 2.47. The third-order valence-corrected chi connectivity index (χ3v) is 5.42. The molecule has 0 saturated heterocycles. The molecule has 29 heavy (non-hydrogen) atoms. The van der Waals surface area contributed by atoms with Gasteiger partial charge in [0.1, 0.15) is 16.0 Å². The molecule has 2 aromatic rings. The van der Waals surface area contributed by atoms with E-state index >= 15 is 0 Å². The van der Waals surface area contributed by atoms with Crippen LogP contribution in [0.3, 0.4) is 0 Å². The molecule has 2 rings (SSSR count). The molecule has 0 bridgehead atoms. The second-order valence-corrected chi connectivity index (χ2v) is 8.15. The Balaban J connectivity index is 2.95. The largest absolute Gasteiger partial charge is 0.295 e. The van der Waals surface area contributed by atoms with Crippen molar-refractivity contribution in [3.05, 3.63) is 80.5 Å². The average molecular weight is 436 g/mol. The van der Waals surface area contributed by atoms with Crippen LogP contribution < -0.4 is 0 Å². The Morgan fingerprint density at radius 1 is 0.862 bits per heavy atom. The first kappa shape index (κ1) is 21.9. The van der Waals surface area contributed by atoms with E-state index in [1.54, 1.807) is 0 Å². The van der Waals surface area contributed by atoms with Gasteiger partial charge in [-0.1, -0.05) is 46.6 Å². The van der Waals surface area contributed by atoms with Gasteiger partial charge in [-0.2, -0.15) is 16.8 Å². The van der Waals surface area contributed by atoms with Crippen molar-refractivity contribution in [2.75, 3.05) is 0 Å². The van der Waals surface area contributed by atoms with Crippen LogP contribution in [0.25, 0.3) is 32.5 Å². The molecule has 0 amide bonds. The molecule has 2 aromatic carbocycles. The molecule has 0 fully saturated rings. The van der Waals surface area contributed by atoms with E-state index in [2.05, 4.69) is 20.1 Å². The lowest BCUT2D eigenvalue weighted by Gasteiger charge is -2.15.